The Morgan fingerprint density at radius 1 is 1.04 bits per heavy atom. The molecule has 1 heterocycles. The summed E-state index contributed by atoms with van der Waals surface area (Å²) in [6, 6.07) is 3.83. The average molecular weight is 367 g/mol. The maximum atomic E-state index is 13.2. The zero-order valence-electron chi connectivity index (χ0n) is 16.0. The van der Waals surface area contributed by atoms with Gasteiger partial charge in [0, 0.05) is 32.6 Å². The highest BCUT2D eigenvalue weighted by molar-refractivity contribution is 7.89. The molecule has 25 heavy (non-hydrogen) atoms. The third-order valence-electron chi connectivity index (χ3n) is 4.59. The van der Waals surface area contributed by atoms with Crippen molar-refractivity contribution in [2.24, 2.45) is 5.92 Å². The number of aryl methyl sites for hydroxylation is 3. The van der Waals surface area contributed by atoms with Crippen LogP contribution in [-0.2, 0) is 14.8 Å². The van der Waals surface area contributed by atoms with Crippen molar-refractivity contribution in [2.45, 2.75) is 52.4 Å². The zero-order chi connectivity index (χ0) is 18.8. The van der Waals surface area contributed by atoms with Crippen LogP contribution in [-0.4, -0.2) is 49.7 Å². The Labute approximate surface area is 152 Å². The van der Waals surface area contributed by atoms with Crippen LogP contribution in [0.1, 0.15) is 43.4 Å². The number of rotatable bonds is 4. The lowest BCUT2D eigenvalue weighted by molar-refractivity contribution is -0.131. The minimum atomic E-state index is -3.54. The molecule has 0 unspecified atom stereocenters. The molecule has 1 aliphatic rings. The van der Waals surface area contributed by atoms with Crippen molar-refractivity contribution in [3.05, 3.63) is 28.8 Å². The van der Waals surface area contributed by atoms with E-state index in [0.717, 1.165) is 16.7 Å². The van der Waals surface area contributed by atoms with E-state index in [0.29, 0.717) is 49.8 Å². The largest absolute Gasteiger partial charge is 0.341 e. The molecule has 140 valence electrons. The van der Waals surface area contributed by atoms with Gasteiger partial charge in [0.05, 0.1) is 4.90 Å². The maximum absolute atomic E-state index is 13.2. The summed E-state index contributed by atoms with van der Waals surface area (Å²) in [6.45, 7) is 11.6. The normalized spacial score (nSPS) is 17.0. The lowest BCUT2D eigenvalue weighted by Crippen LogP contribution is -2.38. The van der Waals surface area contributed by atoms with Crippen LogP contribution in [0.2, 0.25) is 0 Å². The summed E-state index contributed by atoms with van der Waals surface area (Å²) in [7, 11) is -3.54. The zero-order valence-corrected chi connectivity index (χ0v) is 16.8. The number of nitrogens with zero attached hydrogens (tertiary/aromatic N) is 2. The van der Waals surface area contributed by atoms with Crippen molar-refractivity contribution in [3.63, 3.8) is 0 Å². The second-order valence-electron chi connectivity index (χ2n) is 7.46. The van der Waals surface area contributed by atoms with Crippen LogP contribution in [0.15, 0.2) is 17.0 Å². The molecule has 0 aromatic heterocycles. The predicted molar refractivity (Wildman–Crippen MR) is 100 cm³/mol. The van der Waals surface area contributed by atoms with Gasteiger partial charge in [0.1, 0.15) is 0 Å². The van der Waals surface area contributed by atoms with E-state index >= 15 is 0 Å². The Morgan fingerprint density at radius 3 is 2.20 bits per heavy atom. The summed E-state index contributed by atoms with van der Waals surface area (Å²) in [6.07, 6.45) is 1.19. The van der Waals surface area contributed by atoms with E-state index in [-0.39, 0.29) is 5.91 Å². The Bertz CT molecular complexity index is 718. The minimum Gasteiger partial charge on any atom is -0.341 e. The van der Waals surface area contributed by atoms with Gasteiger partial charge in [-0.25, -0.2) is 8.42 Å². The first-order chi connectivity index (χ1) is 11.6. The SMILES string of the molecule is Cc1cc(C)c(S(=O)(=O)N2CCCN(C(=O)CC(C)C)CC2)c(C)c1. The minimum absolute atomic E-state index is 0.122. The van der Waals surface area contributed by atoms with Gasteiger partial charge in [0.15, 0.2) is 0 Å². The fourth-order valence-corrected chi connectivity index (χ4v) is 5.45. The second-order valence-corrected chi connectivity index (χ2v) is 9.34. The number of carbonyl (C=O) groups is 1. The van der Waals surface area contributed by atoms with Crippen LogP contribution in [0.3, 0.4) is 0 Å². The first-order valence-electron chi connectivity index (χ1n) is 8.98. The Morgan fingerprint density at radius 2 is 1.64 bits per heavy atom. The van der Waals surface area contributed by atoms with E-state index in [1.54, 1.807) is 4.31 Å². The van der Waals surface area contributed by atoms with Crippen LogP contribution < -0.4 is 0 Å². The Hall–Kier alpha value is -1.40. The van der Waals surface area contributed by atoms with E-state index in [2.05, 4.69) is 0 Å². The molecule has 0 saturated carbocycles. The molecule has 0 N–H and O–H groups in total. The van der Waals surface area contributed by atoms with Crippen LogP contribution >= 0.6 is 0 Å². The number of carbonyl (C=O) groups excluding carboxylic acids is 1. The van der Waals surface area contributed by atoms with Crippen molar-refractivity contribution in [2.75, 3.05) is 26.2 Å². The number of benzene rings is 1. The smallest absolute Gasteiger partial charge is 0.243 e. The molecule has 1 aromatic carbocycles. The van der Waals surface area contributed by atoms with Gasteiger partial charge < -0.3 is 4.90 Å². The van der Waals surface area contributed by atoms with E-state index in [1.165, 1.54) is 0 Å². The molecule has 0 bridgehead atoms. The van der Waals surface area contributed by atoms with E-state index < -0.39 is 10.0 Å². The summed E-state index contributed by atoms with van der Waals surface area (Å²) >= 11 is 0. The number of hydrogen-bond acceptors (Lipinski definition) is 3. The molecule has 1 fully saturated rings. The van der Waals surface area contributed by atoms with Gasteiger partial charge in [-0.3, -0.25) is 4.79 Å². The summed E-state index contributed by atoms with van der Waals surface area (Å²) < 4.78 is 27.9. The number of hydrogen-bond donors (Lipinski definition) is 0. The molecule has 2 rings (SSSR count). The fraction of sp³-hybridized carbons (Fsp3) is 0.632. The van der Waals surface area contributed by atoms with Gasteiger partial charge >= 0.3 is 0 Å². The molecule has 0 atom stereocenters. The molecule has 1 amide bonds. The first kappa shape index (κ1) is 19.9. The molecule has 6 heteroatoms. The van der Waals surface area contributed by atoms with Crippen molar-refractivity contribution in [3.8, 4) is 0 Å². The molecule has 1 aromatic rings. The lowest BCUT2D eigenvalue weighted by atomic mass is 10.1. The fourth-order valence-electron chi connectivity index (χ4n) is 3.56. The first-order valence-corrected chi connectivity index (χ1v) is 10.4. The van der Waals surface area contributed by atoms with Crippen LogP contribution in [0, 0.1) is 26.7 Å². The van der Waals surface area contributed by atoms with E-state index in [9.17, 15) is 13.2 Å². The third kappa shape index (κ3) is 4.61. The maximum Gasteiger partial charge on any atom is 0.243 e. The molecule has 1 aliphatic heterocycles. The van der Waals surface area contributed by atoms with Gasteiger partial charge in [0.2, 0.25) is 15.9 Å². The van der Waals surface area contributed by atoms with Crippen LogP contribution in [0.4, 0.5) is 0 Å². The second kappa shape index (κ2) is 7.87. The summed E-state index contributed by atoms with van der Waals surface area (Å²) in [5.41, 5.74) is 2.64. The summed E-state index contributed by atoms with van der Waals surface area (Å²) in [4.78, 5) is 14.5. The van der Waals surface area contributed by atoms with Gasteiger partial charge in [-0.1, -0.05) is 31.5 Å². The Kier molecular flexibility index (Phi) is 6.27. The summed E-state index contributed by atoms with van der Waals surface area (Å²) in [5, 5.41) is 0. The molecule has 0 spiro atoms. The van der Waals surface area contributed by atoms with Crippen molar-refractivity contribution >= 4 is 15.9 Å². The standard InChI is InChI=1S/C19H30N2O3S/c1-14(2)11-18(22)20-7-6-8-21(10-9-20)25(23,24)19-16(4)12-15(3)13-17(19)5/h12-14H,6-11H2,1-5H3. The predicted octanol–water partition coefficient (Wildman–Crippen LogP) is 2.88. The quantitative estimate of drug-likeness (QED) is 0.823. The molecule has 5 nitrogen and oxygen atoms in total. The highest BCUT2D eigenvalue weighted by Crippen LogP contribution is 2.26. The van der Waals surface area contributed by atoms with Crippen molar-refractivity contribution in [1.82, 2.24) is 9.21 Å². The Balaban J connectivity index is 2.21. The van der Waals surface area contributed by atoms with Gasteiger partial charge in [-0.15, -0.1) is 0 Å². The average Bonchev–Trinajstić information content (AvgIpc) is 2.71. The third-order valence-corrected chi connectivity index (χ3v) is 6.80. The number of sulfonamides is 1. The molecule has 1 saturated heterocycles. The highest BCUT2D eigenvalue weighted by atomic mass is 32.2. The monoisotopic (exact) mass is 366 g/mol. The van der Waals surface area contributed by atoms with E-state index in [4.69, 9.17) is 0 Å². The molecule has 0 radical (unpaired) electrons. The molecule has 0 aliphatic carbocycles. The molecular weight excluding hydrogens is 336 g/mol. The molecular formula is C19H30N2O3S. The highest BCUT2D eigenvalue weighted by Gasteiger charge is 2.30. The van der Waals surface area contributed by atoms with Crippen molar-refractivity contribution < 1.29 is 13.2 Å². The topological polar surface area (TPSA) is 57.7 Å². The van der Waals surface area contributed by atoms with Crippen molar-refractivity contribution in [1.29, 1.82) is 0 Å². The van der Waals surface area contributed by atoms with Crippen LogP contribution in [0.25, 0.3) is 0 Å². The summed E-state index contributed by atoms with van der Waals surface area (Å²) in [5.74, 6) is 0.436. The van der Waals surface area contributed by atoms with Crippen LogP contribution in [0.5, 0.6) is 0 Å². The van der Waals surface area contributed by atoms with Gasteiger partial charge in [-0.05, 0) is 44.2 Å². The lowest BCUT2D eigenvalue weighted by Gasteiger charge is -2.24. The van der Waals surface area contributed by atoms with Gasteiger partial charge in [-0.2, -0.15) is 4.31 Å². The van der Waals surface area contributed by atoms with E-state index in [1.807, 2.05) is 51.7 Å². The number of amides is 1. The van der Waals surface area contributed by atoms with Gasteiger partial charge in [0.25, 0.3) is 0 Å².